The van der Waals surface area contributed by atoms with Crippen LogP contribution in [0.4, 0.5) is 11.6 Å². The maximum absolute atomic E-state index is 5.97. The van der Waals surface area contributed by atoms with Crippen molar-refractivity contribution in [2.75, 3.05) is 31.3 Å². The van der Waals surface area contributed by atoms with Gasteiger partial charge >= 0.3 is 0 Å². The Morgan fingerprint density at radius 2 is 2.00 bits per heavy atom. The van der Waals surface area contributed by atoms with Crippen molar-refractivity contribution >= 4 is 11.6 Å². The molecule has 0 aliphatic heterocycles. The summed E-state index contributed by atoms with van der Waals surface area (Å²) in [7, 11) is 1.66. The van der Waals surface area contributed by atoms with Gasteiger partial charge in [0, 0.05) is 42.9 Å². The summed E-state index contributed by atoms with van der Waals surface area (Å²) >= 11 is 0. The number of nitrogen functional groups attached to an aromatic ring is 1. The van der Waals surface area contributed by atoms with Crippen LogP contribution in [0.15, 0.2) is 30.6 Å². The first kappa shape index (κ1) is 13.3. The zero-order valence-corrected chi connectivity index (χ0v) is 11.2. The van der Waals surface area contributed by atoms with E-state index in [0.717, 1.165) is 22.4 Å². The number of aromatic nitrogens is 2. The third-order valence-electron chi connectivity index (χ3n) is 2.76. The van der Waals surface area contributed by atoms with Gasteiger partial charge in [-0.2, -0.15) is 0 Å². The Balaban J connectivity index is 2.15. The second-order valence-corrected chi connectivity index (χ2v) is 4.31. The van der Waals surface area contributed by atoms with E-state index in [0.29, 0.717) is 19.1 Å². The number of nitrogens with one attached hydrogen (secondary N) is 1. The Kier molecular flexibility index (Phi) is 4.30. The van der Waals surface area contributed by atoms with Gasteiger partial charge in [-0.3, -0.25) is 0 Å². The Morgan fingerprint density at radius 1 is 1.26 bits per heavy atom. The highest BCUT2D eigenvalue weighted by Crippen LogP contribution is 2.25. The highest BCUT2D eigenvalue weighted by molar-refractivity contribution is 5.76. The van der Waals surface area contributed by atoms with Gasteiger partial charge in [0.25, 0.3) is 0 Å². The van der Waals surface area contributed by atoms with Crippen LogP contribution in [0.25, 0.3) is 11.1 Å². The summed E-state index contributed by atoms with van der Waals surface area (Å²) in [6.45, 7) is 3.34. The third kappa shape index (κ3) is 3.42. The Hall–Kier alpha value is -2.14. The molecule has 2 aromatic rings. The second-order valence-electron chi connectivity index (χ2n) is 4.31. The molecule has 1 heterocycles. The fraction of sp³-hybridized carbons (Fsp3) is 0.286. The van der Waals surface area contributed by atoms with Crippen LogP contribution in [0.2, 0.25) is 0 Å². The quantitative estimate of drug-likeness (QED) is 0.634. The first-order valence-electron chi connectivity index (χ1n) is 6.12. The molecule has 5 heteroatoms. The van der Waals surface area contributed by atoms with E-state index < -0.39 is 0 Å². The van der Waals surface area contributed by atoms with Crippen LogP contribution < -0.4 is 11.1 Å². The lowest BCUT2D eigenvalue weighted by atomic mass is 10.0. The molecule has 0 radical (unpaired) electrons. The number of hydrogen-bond acceptors (Lipinski definition) is 5. The van der Waals surface area contributed by atoms with Gasteiger partial charge in [-0.25, -0.2) is 9.97 Å². The molecule has 1 aromatic heterocycles. The minimum Gasteiger partial charge on any atom is -0.398 e. The van der Waals surface area contributed by atoms with Crippen LogP contribution in [-0.2, 0) is 4.74 Å². The van der Waals surface area contributed by atoms with E-state index in [2.05, 4.69) is 15.3 Å². The Morgan fingerprint density at radius 3 is 2.68 bits per heavy atom. The summed E-state index contributed by atoms with van der Waals surface area (Å²) in [6, 6.07) is 5.92. The lowest BCUT2D eigenvalue weighted by Gasteiger charge is -2.08. The van der Waals surface area contributed by atoms with Crippen molar-refractivity contribution in [2.24, 2.45) is 0 Å². The van der Waals surface area contributed by atoms with Crippen molar-refractivity contribution in [1.29, 1.82) is 0 Å². The summed E-state index contributed by atoms with van der Waals surface area (Å²) in [6.07, 6.45) is 3.54. The van der Waals surface area contributed by atoms with Crippen LogP contribution in [0.5, 0.6) is 0 Å². The maximum Gasteiger partial charge on any atom is 0.222 e. The smallest absolute Gasteiger partial charge is 0.222 e. The molecule has 3 N–H and O–H groups in total. The van der Waals surface area contributed by atoms with Gasteiger partial charge in [0.2, 0.25) is 5.95 Å². The summed E-state index contributed by atoms with van der Waals surface area (Å²) in [5.41, 5.74) is 9.74. The second kappa shape index (κ2) is 6.15. The number of aryl methyl sites for hydroxylation is 1. The lowest BCUT2D eigenvalue weighted by molar-refractivity contribution is 0.210. The predicted molar refractivity (Wildman–Crippen MR) is 77.0 cm³/mol. The first-order valence-corrected chi connectivity index (χ1v) is 6.12. The molecule has 1 aromatic carbocycles. The lowest BCUT2D eigenvalue weighted by Crippen LogP contribution is -2.09. The van der Waals surface area contributed by atoms with E-state index in [9.17, 15) is 0 Å². The molecule has 0 spiro atoms. The van der Waals surface area contributed by atoms with E-state index in [4.69, 9.17) is 10.5 Å². The van der Waals surface area contributed by atoms with E-state index >= 15 is 0 Å². The summed E-state index contributed by atoms with van der Waals surface area (Å²) in [4.78, 5) is 8.53. The summed E-state index contributed by atoms with van der Waals surface area (Å²) in [5, 5.41) is 3.07. The van der Waals surface area contributed by atoms with Crippen LogP contribution in [0.3, 0.4) is 0 Å². The minimum atomic E-state index is 0.590. The Labute approximate surface area is 112 Å². The number of benzene rings is 1. The molecule has 100 valence electrons. The van der Waals surface area contributed by atoms with E-state index in [-0.39, 0.29) is 0 Å². The number of nitrogens with zero attached hydrogens (tertiary/aromatic N) is 2. The molecule has 0 aliphatic rings. The summed E-state index contributed by atoms with van der Waals surface area (Å²) in [5.74, 6) is 0.590. The number of hydrogen-bond donors (Lipinski definition) is 2. The number of nitrogens with two attached hydrogens (primary N) is 1. The zero-order valence-electron chi connectivity index (χ0n) is 11.2. The van der Waals surface area contributed by atoms with Gasteiger partial charge in [-0.1, -0.05) is 11.6 Å². The van der Waals surface area contributed by atoms with Crippen molar-refractivity contribution < 1.29 is 4.74 Å². The number of anilines is 2. The van der Waals surface area contributed by atoms with Gasteiger partial charge < -0.3 is 15.8 Å². The van der Waals surface area contributed by atoms with E-state index in [1.165, 1.54) is 0 Å². The molecule has 19 heavy (non-hydrogen) atoms. The fourth-order valence-electron chi connectivity index (χ4n) is 1.74. The average molecular weight is 258 g/mol. The third-order valence-corrected chi connectivity index (χ3v) is 2.76. The van der Waals surface area contributed by atoms with Crippen molar-refractivity contribution in [3.8, 4) is 11.1 Å². The van der Waals surface area contributed by atoms with Crippen molar-refractivity contribution in [3.05, 3.63) is 36.2 Å². The van der Waals surface area contributed by atoms with Gasteiger partial charge in [0.15, 0.2) is 0 Å². The number of ether oxygens (including phenoxy) is 1. The van der Waals surface area contributed by atoms with Gasteiger partial charge in [0.05, 0.1) is 6.61 Å². The van der Waals surface area contributed by atoms with Gasteiger partial charge in [-0.05, 0) is 19.1 Å². The highest BCUT2D eigenvalue weighted by atomic mass is 16.5. The molecule has 2 rings (SSSR count). The highest BCUT2D eigenvalue weighted by Gasteiger charge is 2.04. The molecular formula is C14H18N4O. The molecule has 0 atom stereocenters. The largest absolute Gasteiger partial charge is 0.398 e. The normalized spacial score (nSPS) is 10.4. The first-order chi connectivity index (χ1) is 9.20. The average Bonchev–Trinajstić information content (AvgIpc) is 2.43. The van der Waals surface area contributed by atoms with Gasteiger partial charge in [-0.15, -0.1) is 0 Å². The van der Waals surface area contributed by atoms with Crippen LogP contribution in [-0.4, -0.2) is 30.2 Å². The molecule has 0 aliphatic carbocycles. The van der Waals surface area contributed by atoms with Crippen molar-refractivity contribution in [2.45, 2.75) is 6.92 Å². The minimum absolute atomic E-state index is 0.590. The number of rotatable bonds is 5. The Bertz CT molecular complexity index is 540. The predicted octanol–water partition coefficient (Wildman–Crippen LogP) is 2.09. The molecule has 0 unspecified atom stereocenters. The maximum atomic E-state index is 5.97. The topological polar surface area (TPSA) is 73.1 Å². The van der Waals surface area contributed by atoms with Crippen LogP contribution in [0.1, 0.15) is 5.56 Å². The van der Waals surface area contributed by atoms with E-state index in [1.807, 2.05) is 25.1 Å². The SMILES string of the molecule is COCCNc1ncc(-c2cc(C)ccc2N)cn1. The number of methoxy groups -OCH3 is 1. The van der Waals surface area contributed by atoms with Crippen LogP contribution in [0, 0.1) is 6.92 Å². The van der Waals surface area contributed by atoms with E-state index in [1.54, 1.807) is 19.5 Å². The molecule has 0 saturated heterocycles. The fourth-order valence-corrected chi connectivity index (χ4v) is 1.74. The van der Waals surface area contributed by atoms with Crippen molar-refractivity contribution in [3.63, 3.8) is 0 Å². The zero-order chi connectivity index (χ0) is 13.7. The summed E-state index contributed by atoms with van der Waals surface area (Å²) < 4.78 is 4.95. The standard InChI is InChI=1S/C14H18N4O/c1-10-3-4-13(15)12(7-10)11-8-17-14(18-9-11)16-5-6-19-2/h3-4,7-9H,5-6,15H2,1-2H3,(H,16,17,18). The molecule has 0 bridgehead atoms. The molecular weight excluding hydrogens is 240 g/mol. The monoisotopic (exact) mass is 258 g/mol. The van der Waals surface area contributed by atoms with Crippen LogP contribution >= 0.6 is 0 Å². The molecule has 0 fully saturated rings. The molecule has 0 saturated carbocycles. The molecule has 0 amide bonds. The van der Waals surface area contributed by atoms with Gasteiger partial charge in [0.1, 0.15) is 0 Å². The van der Waals surface area contributed by atoms with Crippen molar-refractivity contribution in [1.82, 2.24) is 9.97 Å². The molecule has 5 nitrogen and oxygen atoms in total.